The van der Waals surface area contributed by atoms with Crippen LogP contribution in [0.25, 0.3) is 0 Å². The van der Waals surface area contributed by atoms with E-state index < -0.39 is 67.3 Å². The highest BCUT2D eigenvalue weighted by molar-refractivity contribution is 5.74. The van der Waals surface area contributed by atoms with Crippen LogP contribution in [0, 0.1) is 0 Å². The highest BCUT2D eigenvalue weighted by Crippen LogP contribution is 2.26. The second-order valence-corrected chi connectivity index (χ2v) is 18.1. The number of carbonyl (C=O) groups excluding carboxylic acids is 3. The van der Waals surface area contributed by atoms with Crippen LogP contribution in [0.4, 0.5) is 0 Å². The van der Waals surface area contributed by atoms with Gasteiger partial charge in [-0.25, -0.2) is 4.79 Å². The minimum atomic E-state index is -1.96. The van der Waals surface area contributed by atoms with Gasteiger partial charge in [0, 0.05) is 12.8 Å². The van der Waals surface area contributed by atoms with E-state index in [0.717, 1.165) is 96.3 Å². The average molecular weight is 1070 g/mol. The second kappa shape index (κ2) is 50.9. The van der Waals surface area contributed by atoms with Gasteiger partial charge in [0.1, 0.15) is 18.8 Å². The smallest absolute Gasteiger partial charge is 0.335 e. The van der Waals surface area contributed by atoms with E-state index in [9.17, 15) is 34.5 Å². The van der Waals surface area contributed by atoms with Crippen molar-refractivity contribution < 1.29 is 58.2 Å². The maximum Gasteiger partial charge on any atom is 0.335 e. The van der Waals surface area contributed by atoms with Crippen molar-refractivity contribution in [3.63, 3.8) is 0 Å². The normalized spacial score (nSPS) is 19.3. The van der Waals surface area contributed by atoms with Crippen LogP contribution in [0.1, 0.15) is 162 Å². The number of carboxylic acids is 1. The first-order valence-corrected chi connectivity index (χ1v) is 28.1. The summed E-state index contributed by atoms with van der Waals surface area (Å²) >= 11 is 0. The number of aliphatic carboxylic acids is 1. The Bertz CT molecular complexity index is 1990. The van der Waals surface area contributed by atoms with Gasteiger partial charge in [-0.2, -0.15) is 0 Å². The molecule has 1 aliphatic rings. The molecule has 6 unspecified atom stereocenters. The molecule has 12 nitrogen and oxygen atoms in total. The summed E-state index contributed by atoms with van der Waals surface area (Å²) in [5.41, 5.74) is 0. The summed E-state index contributed by atoms with van der Waals surface area (Å²) in [5.74, 6) is -3.46. The molecule has 0 aliphatic carbocycles. The summed E-state index contributed by atoms with van der Waals surface area (Å²) in [4.78, 5) is 51.0. The molecule has 3 N–H and O–H groups in total. The summed E-state index contributed by atoms with van der Waals surface area (Å²) in [6.07, 6.45) is 63.6. The highest BCUT2D eigenvalue weighted by Gasteiger charge is 2.50. The Morgan fingerprint density at radius 2 is 0.818 bits per heavy atom. The minimum absolute atomic E-state index is 0.0766. The van der Waals surface area contributed by atoms with Crippen LogP contribution in [0.15, 0.2) is 170 Å². The van der Waals surface area contributed by atoms with Crippen molar-refractivity contribution in [3.05, 3.63) is 170 Å². The number of hydrogen-bond donors (Lipinski definition) is 3. The van der Waals surface area contributed by atoms with Crippen molar-refractivity contribution in [3.8, 4) is 0 Å². The number of allylic oxidation sites excluding steroid dienone is 27. The number of aliphatic hydroxyl groups is 2. The van der Waals surface area contributed by atoms with Crippen LogP contribution in [-0.4, -0.2) is 89.2 Å². The number of carboxylic acid groups (broad SMARTS) is 1. The number of unbranched alkanes of at least 4 members (excludes halogenated alkanes) is 3. The number of rotatable bonds is 44. The van der Waals surface area contributed by atoms with E-state index in [1.54, 1.807) is 12.2 Å². The van der Waals surface area contributed by atoms with Crippen LogP contribution in [0.2, 0.25) is 0 Å². The summed E-state index contributed by atoms with van der Waals surface area (Å²) in [6, 6.07) is 0. The Morgan fingerprint density at radius 3 is 1.23 bits per heavy atom. The predicted molar refractivity (Wildman–Crippen MR) is 312 cm³/mol. The molecule has 0 radical (unpaired) electrons. The van der Waals surface area contributed by atoms with Gasteiger partial charge in [-0.15, -0.1) is 0 Å². The summed E-state index contributed by atoms with van der Waals surface area (Å²) < 4.78 is 28.1. The molecule has 1 heterocycles. The first-order valence-electron chi connectivity index (χ1n) is 28.1. The van der Waals surface area contributed by atoms with Crippen LogP contribution in [0.5, 0.6) is 0 Å². The van der Waals surface area contributed by atoms with Crippen molar-refractivity contribution in [1.82, 2.24) is 0 Å². The SMILES string of the molecule is CC/C=C\C/C=C\C/C=C\C/C=C\C/C=C\CCCC(=O)OCC(COC1OC(C(=O)O)C(O)C(O)C1OC(=O)C/C=C\C/C=C\C/C=C\C/C=C\C/C=C\CC)OC(=O)CCCC/C=C\C/C=C\C/C=C\C/C=C\CC. The lowest BCUT2D eigenvalue weighted by atomic mass is 9.98. The molecule has 0 aromatic rings. The number of esters is 3. The number of hydrogen-bond acceptors (Lipinski definition) is 11. The van der Waals surface area contributed by atoms with Crippen molar-refractivity contribution in [2.24, 2.45) is 0 Å². The maximum absolute atomic E-state index is 13.1. The van der Waals surface area contributed by atoms with Gasteiger partial charge in [0.2, 0.25) is 0 Å². The van der Waals surface area contributed by atoms with Crippen molar-refractivity contribution in [1.29, 1.82) is 0 Å². The summed E-state index contributed by atoms with van der Waals surface area (Å²) in [5, 5.41) is 31.4. The first-order chi connectivity index (χ1) is 37.6. The van der Waals surface area contributed by atoms with E-state index in [2.05, 4.69) is 154 Å². The number of aliphatic hydroxyl groups excluding tert-OH is 2. The third-order valence-corrected chi connectivity index (χ3v) is 11.3. The molecule has 0 bridgehead atoms. The second-order valence-electron chi connectivity index (χ2n) is 18.1. The quantitative estimate of drug-likeness (QED) is 0.0228. The number of ether oxygens (including phenoxy) is 5. The molecule has 12 heteroatoms. The van der Waals surface area contributed by atoms with Gasteiger partial charge in [0.15, 0.2) is 24.6 Å². The molecule has 426 valence electrons. The largest absolute Gasteiger partial charge is 0.479 e. The molecule has 0 amide bonds. The Balaban J connectivity index is 2.84. The van der Waals surface area contributed by atoms with Gasteiger partial charge in [-0.1, -0.05) is 191 Å². The lowest BCUT2D eigenvalue weighted by Gasteiger charge is -2.40. The van der Waals surface area contributed by atoms with E-state index in [1.807, 2.05) is 24.3 Å². The van der Waals surface area contributed by atoms with Crippen molar-refractivity contribution in [2.75, 3.05) is 13.2 Å². The van der Waals surface area contributed by atoms with E-state index in [1.165, 1.54) is 0 Å². The molecule has 6 atom stereocenters. The van der Waals surface area contributed by atoms with E-state index in [4.69, 9.17) is 23.7 Å². The van der Waals surface area contributed by atoms with E-state index in [0.29, 0.717) is 25.7 Å². The standard InChI is InChI=1S/C65H94O12/c1-4-7-10-13-16-19-22-25-28-29-32-33-36-39-42-45-48-51-57(66)73-54-56(75-58(67)52-49-46-43-40-37-34-30-26-23-20-17-14-11-8-5-2)55-74-65-63(61(70)60(69)62(77-65)64(71)72)76-59(68)53-50-47-44-41-38-35-31-27-24-21-18-15-12-9-6-3/h7-12,16-21,25-28,30-33,37-42,47,50,56,60-63,65,69-70H,4-6,13-15,22-24,29,34-36,43-46,48-49,51-55H2,1-3H3,(H,71,72)/b10-7-,11-8-,12-9-,19-16-,20-17-,21-18-,28-25-,30-26-,31-27-,33-32-,40-37-,41-38-,42-39-,50-47-. The zero-order chi connectivity index (χ0) is 56.1. The Labute approximate surface area is 462 Å². The zero-order valence-corrected chi connectivity index (χ0v) is 46.6. The molecular formula is C65H94O12. The molecule has 0 aromatic carbocycles. The molecule has 0 aromatic heterocycles. The highest BCUT2D eigenvalue weighted by atomic mass is 16.7. The topological polar surface area (TPSA) is 175 Å². The Kier molecular flexibility index (Phi) is 45.6. The minimum Gasteiger partial charge on any atom is -0.479 e. The summed E-state index contributed by atoms with van der Waals surface area (Å²) in [6.45, 7) is 5.48. The fraction of sp³-hybridized carbons (Fsp3) is 0.508. The molecule has 1 saturated heterocycles. The van der Waals surface area contributed by atoms with E-state index in [-0.39, 0.29) is 25.9 Å². The van der Waals surface area contributed by atoms with Crippen LogP contribution in [-0.2, 0) is 42.9 Å². The van der Waals surface area contributed by atoms with Crippen LogP contribution in [0.3, 0.4) is 0 Å². The monoisotopic (exact) mass is 1070 g/mol. The predicted octanol–water partition coefficient (Wildman–Crippen LogP) is 14.3. The Morgan fingerprint density at radius 1 is 0.442 bits per heavy atom. The fourth-order valence-electron chi connectivity index (χ4n) is 7.11. The zero-order valence-electron chi connectivity index (χ0n) is 46.6. The van der Waals surface area contributed by atoms with Crippen molar-refractivity contribution in [2.45, 2.75) is 199 Å². The van der Waals surface area contributed by atoms with Gasteiger partial charge in [0.25, 0.3) is 0 Å². The maximum atomic E-state index is 13.1. The van der Waals surface area contributed by atoms with Gasteiger partial charge in [-0.05, 0) is 122 Å². The average Bonchev–Trinajstić information content (AvgIpc) is 3.42. The van der Waals surface area contributed by atoms with Gasteiger partial charge < -0.3 is 39.0 Å². The molecular weight excluding hydrogens is 973 g/mol. The molecule has 1 fully saturated rings. The number of carbonyl (C=O) groups is 4. The first kappa shape index (κ1) is 69.1. The lowest BCUT2D eigenvalue weighted by molar-refractivity contribution is -0.301. The van der Waals surface area contributed by atoms with Crippen LogP contribution >= 0.6 is 0 Å². The lowest BCUT2D eigenvalue weighted by Crippen LogP contribution is -2.61. The molecule has 1 rings (SSSR count). The third kappa shape index (κ3) is 40.9. The summed E-state index contributed by atoms with van der Waals surface area (Å²) in [7, 11) is 0. The van der Waals surface area contributed by atoms with E-state index >= 15 is 0 Å². The Hall–Kier alpha value is -5.92. The van der Waals surface area contributed by atoms with Gasteiger partial charge in [0.05, 0.1) is 13.0 Å². The molecule has 77 heavy (non-hydrogen) atoms. The molecule has 0 spiro atoms. The van der Waals surface area contributed by atoms with Crippen molar-refractivity contribution >= 4 is 23.9 Å². The molecule has 1 aliphatic heterocycles. The van der Waals surface area contributed by atoms with Crippen LogP contribution < -0.4 is 0 Å². The fourth-order valence-corrected chi connectivity index (χ4v) is 7.11. The molecule has 0 saturated carbocycles. The van der Waals surface area contributed by atoms with Gasteiger partial charge >= 0.3 is 23.9 Å². The third-order valence-electron chi connectivity index (χ3n) is 11.3. The van der Waals surface area contributed by atoms with Gasteiger partial charge in [-0.3, -0.25) is 14.4 Å².